The van der Waals surface area contributed by atoms with Crippen LogP contribution in [0.2, 0.25) is 0 Å². The summed E-state index contributed by atoms with van der Waals surface area (Å²) >= 11 is 0. The molecule has 3 N–H and O–H groups in total. The summed E-state index contributed by atoms with van der Waals surface area (Å²) in [5, 5.41) is 0. The van der Waals surface area contributed by atoms with Crippen LogP contribution in [0.4, 0.5) is 5.69 Å². The summed E-state index contributed by atoms with van der Waals surface area (Å²) in [7, 11) is -3.47. The van der Waals surface area contributed by atoms with Gasteiger partial charge in [-0.15, -0.1) is 0 Å². The van der Waals surface area contributed by atoms with Crippen molar-refractivity contribution in [2.24, 2.45) is 0 Å². The smallest absolute Gasteiger partial charge is 0.241 e. The Labute approximate surface area is 121 Å². The van der Waals surface area contributed by atoms with Gasteiger partial charge in [0, 0.05) is 11.7 Å². The number of hydrogen-bond donors (Lipinski definition) is 2. The first kappa shape index (κ1) is 15.3. The lowest BCUT2D eigenvalue weighted by molar-refractivity contribution is 0.426. The highest BCUT2D eigenvalue weighted by Crippen LogP contribution is 2.22. The van der Waals surface area contributed by atoms with Crippen molar-refractivity contribution >= 4 is 15.7 Å². The second-order valence-corrected chi connectivity index (χ2v) is 7.37. The molecule has 5 heteroatoms. The van der Waals surface area contributed by atoms with Crippen molar-refractivity contribution < 1.29 is 8.42 Å². The van der Waals surface area contributed by atoms with E-state index in [1.807, 2.05) is 0 Å². The molecule has 1 saturated carbocycles. The zero-order valence-electron chi connectivity index (χ0n) is 12.1. The largest absolute Gasteiger partial charge is 0.399 e. The Bertz CT molecular complexity index is 547. The molecule has 4 nitrogen and oxygen atoms in total. The maximum absolute atomic E-state index is 12.5. The maximum Gasteiger partial charge on any atom is 0.241 e. The number of aryl methyl sites for hydroxylation is 1. The molecular weight excluding hydrogens is 272 g/mol. The monoisotopic (exact) mass is 296 g/mol. The predicted molar refractivity (Wildman–Crippen MR) is 82.0 cm³/mol. The second-order valence-electron chi connectivity index (χ2n) is 5.69. The molecule has 1 aliphatic rings. The Morgan fingerprint density at radius 2 is 1.70 bits per heavy atom. The number of benzene rings is 1. The minimum Gasteiger partial charge on any atom is -0.399 e. The quantitative estimate of drug-likeness (QED) is 0.842. The Kier molecular flexibility index (Phi) is 5.05. The van der Waals surface area contributed by atoms with Crippen LogP contribution in [0.1, 0.15) is 50.5 Å². The second kappa shape index (κ2) is 6.59. The van der Waals surface area contributed by atoms with E-state index in [-0.39, 0.29) is 6.04 Å². The van der Waals surface area contributed by atoms with Crippen molar-refractivity contribution in [3.63, 3.8) is 0 Å². The number of nitrogens with one attached hydrogen (secondary N) is 1. The number of nitrogens with two attached hydrogens (primary N) is 1. The molecule has 0 aromatic heterocycles. The van der Waals surface area contributed by atoms with E-state index in [0.717, 1.165) is 31.2 Å². The third-order valence-corrected chi connectivity index (χ3v) is 5.59. The molecule has 0 saturated heterocycles. The zero-order valence-corrected chi connectivity index (χ0v) is 12.9. The summed E-state index contributed by atoms with van der Waals surface area (Å²) in [5.74, 6) is 0. The summed E-state index contributed by atoms with van der Waals surface area (Å²) < 4.78 is 27.9. The molecule has 1 aliphatic carbocycles. The Hall–Kier alpha value is -1.07. The third-order valence-electron chi connectivity index (χ3n) is 3.93. The van der Waals surface area contributed by atoms with Crippen LogP contribution >= 0.6 is 0 Å². The fourth-order valence-corrected chi connectivity index (χ4v) is 4.35. The molecule has 0 unspecified atom stereocenters. The van der Waals surface area contributed by atoms with Gasteiger partial charge in [-0.05, 0) is 37.5 Å². The molecule has 0 heterocycles. The lowest BCUT2D eigenvalue weighted by Gasteiger charge is -2.21. The topological polar surface area (TPSA) is 72.2 Å². The van der Waals surface area contributed by atoms with Gasteiger partial charge in [0.05, 0.1) is 4.90 Å². The van der Waals surface area contributed by atoms with Gasteiger partial charge in [-0.3, -0.25) is 0 Å². The fraction of sp³-hybridized carbons (Fsp3) is 0.600. The first-order chi connectivity index (χ1) is 9.49. The molecule has 0 aliphatic heterocycles. The van der Waals surface area contributed by atoms with E-state index < -0.39 is 10.0 Å². The average molecular weight is 296 g/mol. The highest BCUT2D eigenvalue weighted by molar-refractivity contribution is 7.89. The standard InChI is InChI=1S/C15H24N2O2S/c1-12-9-10-13(16)11-15(12)20(18,19)17-14-7-5-3-2-4-6-8-14/h9-11,14,17H,2-8,16H2,1H3. The molecule has 0 spiro atoms. The van der Waals surface area contributed by atoms with Gasteiger partial charge in [0.15, 0.2) is 0 Å². The van der Waals surface area contributed by atoms with Gasteiger partial charge < -0.3 is 5.73 Å². The number of hydrogen-bond acceptors (Lipinski definition) is 3. The molecule has 0 amide bonds. The van der Waals surface area contributed by atoms with Gasteiger partial charge in [-0.2, -0.15) is 0 Å². The molecule has 1 aromatic carbocycles. The summed E-state index contributed by atoms with van der Waals surface area (Å²) in [6, 6.07) is 5.08. The normalized spacial score (nSPS) is 18.4. The Morgan fingerprint density at radius 3 is 2.35 bits per heavy atom. The minimum atomic E-state index is -3.47. The van der Waals surface area contributed by atoms with Crippen molar-refractivity contribution in [1.29, 1.82) is 0 Å². The van der Waals surface area contributed by atoms with Crippen LogP contribution in [0.3, 0.4) is 0 Å². The first-order valence-corrected chi connectivity index (χ1v) is 8.86. The highest BCUT2D eigenvalue weighted by Gasteiger charge is 2.22. The lowest BCUT2D eigenvalue weighted by atomic mass is 9.97. The van der Waals surface area contributed by atoms with Gasteiger partial charge >= 0.3 is 0 Å². The number of sulfonamides is 1. The van der Waals surface area contributed by atoms with Gasteiger partial charge in [0.2, 0.25) is 10.0 Å². The maximum atomic E-state index is 12.5. The molecule has 1 aromatic rings. The van der Waals surface area contributed by atoms with Crippen LogP contribution in [-0.2, 0) is 10.0 Å². The molecule has 112 valence electrons. The van der Waals surface area contributed by atoms with Crippen molar-refractivity contribution in [3.8, 4) is 0 Å². The van der Waals surface area contributed by atoms with Crippen molar-refractivity contribution in [1.82, 2.24) is 4.72 Å². The zero-order chi connectivity index (χ0) is 14.6. The van der Waals surface area contributed by atoms with Crippen LogP contribution in [-0.4, -0.2) is 14.5 Å². The average Bonchev–Trinajstić information content (AvgIpc) is 2.35. The van der Waals surface area contributed by atoms with Gasteiger partial charge in [-0.1, -0.05) is 38.2 Å². The minimum absolute atomic E-state index is 0.0566. The fourth-order valence-electron chi connectivity index (χ4n) is 2.76. The molecule has 1 fully saturated rings. The van der Waals surface area contributed by atoms with Crippen LogP contribution < -0.4 is 10.5 Å². The van der Waals surface area contributed by atoms with E-state index >= 15 is 0 Å². The number of nitrogen functional groups attached to an aromatic ring is 1. The van der Waals surface area contributed by atoms with E-state index in [4.69, 9.17) is 5.73 Å². The Balaban J connectivity index is 2.15. The molecule has 0 bridgehead atoms. The summed E-state index contributed by atoms with van der Waals surface area (Å²) in [4.78, 5) is 0.305. The summed E-state index contributed by atoms with van der Waals surface area (Å²) in [5.41, 5.74) is 6.92. The van der Waals surface area contributed by atoms with Crippen molar-refractivity contribution in [2.75, 3.05) is 5.73 Å². The van der Waals surface area contributed by atoms with E-state index in [2.05, 4.69) is 4.72 Å². The van der Waals surface area contributed by atoms with Crippen LogP contribution in [0.5, 0.6) is 0 Å². The van der Waals surface area contributed by atoms with Crippen molar-refractivity contribution in [2.45, 2.75) is 62.8 Å². The van der Waals surface area contributed by atoms with E-state index in [9.17, 15) is 8.42 Å². The van der Waals surface area contributed by atoms with Crippen molar-refractivity contribution in [3.05, 3.63) is 23.8 Å². The van der Waals surface area contributed by atoms with Gasteiger partial charge in [0.1, 0.15) is 0 Å². The molecule has 2 rings (SSSR count). The third kappa shape index (κ3) is 3.96. The van der Waals surface area contributed by atoms with Crippen LogP contribution in [0, 0.1) is 6.92 Å². The summed E-state index contributed by atoms with van der Waals surface area (Å²) in [6.07, 6.45) is 7.74. The van der Waals surface area contributed by atoms with E-state index in [0.29, 0.717) is 10.6 Å². The number of rotatable bonds is 3. The van der Waals surface area contributed by atoms with E-state index in [1.54, 1.807) is 25.1 Å². The first-order valence-electron chi connectivity index (χ1n) is 7.37. The predicted octanol–water partition coefficient (Wildman–Crippen LogP) is 2.97. The highest BCUT2D eigenvalue weighted by atomic mass is 32.2. The van der Waals surface area contributed by atoms with Gasteiger partial charge in [-0.25, -0.2) is 13.1 Å². The number of anilines is 1. The molecule has 0 atom stereocenters. The van der Waals surface area contributed by atoms with Crippen LogP contribution in [0.15, 0.2) is 23.1 Å². The van der Waals surface area contributed by atoms with Gasteiger partial charge in [0.25, 0.3) is 0 Å². The lowest BCUT2D eigenvalue weighted by Crippen LogP contribution is -2.35. The molecule has 0 radical (unpaired) electrons. The summed E-state index contributed by atoms with van der Waals surface area (Å²) in [6.45, 7) is 1.80. The SMILES string of the molecule is Cc1ccc(N)cc1S(=O)(=O)NC1CCCCCCC1. The Morgan fingerprint density at radius 1 is 1.10 bits per heavy atom. The van der Waals surface area contributed by atoms with E-state index in [1.165, 1.54) is 19.3 Å². The van der Waals surface area contributed by atoms with Crippen LogP contribution in [0.25, 0.3) is 0 Å². The molecule has 20 heavy (non-hydrogen) atoms. The molecular formula is C15H24N2O2S.